The molecule has 0 spiro atoms. The number of nitriles is 1. The first-order chi connectivity index (χ1) is 13.3. The largest absolute Gasteiger partial charge is 0.339 e. The molecule has 0 saturated heterocycles. The topological polar surface area (TPSA) is 61.1 Å². The molecule has 0 atom stereocenters. The van der Waals surface area contributed by atoms with Crippen LogP contribution in [0, 0.1) is 11.3 Å². The Hall–Kier alpha value is -3.84. The second kappa shape index (κ2) is 5.86. The molecule has 0 amide bonds. The van der Waals surface area contributed by atoms with Gasteiger partial charge in [0.05, 0.1) is 22.7 Å². The summed E-state index contributed by atoms with van der Waals surface area (Å²) in [4.78, 5) is 16.6. The quantitative estimate of drug-likeness (QED) is 0.513. The average Bonchev–Trinajstić information content (AvgIpc) is 3.11. The first-order valence-corrected chi connectivity index (χ1v) is 8.79. The number of aromatic nitrogens is 2. The average molecular weight is 349 g/mol. The summed E-state index contributed by atoms with van der Waals surface area (Å²) in [5, 5.41) is 11.1. The molecule has 0 saturated carbocycles. The number of rotatable bonds is 2. The standard InChI is InChI=1S/C23H15N3O/c24-14-16-8-2-1-7-15(16)13-19-17-9-3-4-10-18(17)23(27)26-21-12-6-5-11-20(21)25-22(19)26/h1-12,25H,13H2. The smallest absolute Gasteiger partial charge is 0.264 e. The number of hydrogen-bond donors (Lipinski definition) is 1. The van der Waals surface area contributed by atoms with E-state index in [2.05, 4.69) is 11.1 Å². The summed E-state index contributed by atoms with van der Waals surface area (Å²) in [7, 11) is 0. The number of nitrogens with one attached hydrogen (secondary N) is 1. The molecule has 0 radical (unpaired) electrons. The molecule has 4 heteroatoms. The fraction of sp³-hybridized carbons (Fsp3) is 0.0435. The van der Waals surface area contributed by atoms with Crippen LogP contribution >= 0.6 is 0 Å². The lowest BCUT2D eigenvalue weighted by Gasteiger charge is -2.10. The van der Waals surface area contributed by atoms with Gasteiger partial charge in [0.2, 0.25) is 0 Å². The van der Waals surface area contributed by atoms with Crippen molar-refractivity contribution in [1.29, 1.82) is 5.26 Å². The molecule has 0 fully saturated rings. The molecule has 2 heterocycles. The highest BCUT2D eigenvalue weighted by Gasteiger charge is 2.16. The van der Waals surface area contributed by atoms with Crippen LogP contribution in [0.3, 0.4) is 0 Å². The van der Waals surface area contributed by atoms with Crippen molar-refractivity contribution in [1.82, 2.24) is 9.38 Å². The maximum Gasteiger partial charge on any atom is 0.264 e. The second-order valence-electron chi connectivity index (χ2n) is 6.60. The summed E-state index contributed by atoms with van der Waals surface area (Å²) in [6, 6.07) is 25.4. The lowest BCUT2D eigenvalue weighted by atomic mass is 9.97. The van der Waals surface area contributed by atoms with Crippen LogP contribution in [0.5, 0.6) is 0 Å². The van der Waals surface area contributed by atoms with Crippen molar-refractivity contribution in [2.45, 2.75) is 6.42 Å². The Balaban J connectivity index is 1.93. The lowest BCUT2D eigenvalue weighted by Crippen LogP contribution is -2.15. The predicted octanol–water partition coefficient (Wildman–Crippen LogP) is 4.40. The number of fused-ring (bicyclic) bond motifs is 4. The van der Waals surface area contributed by atoms with Gasteiger partial charge in [0.1, 0.15) is 5.65 Å². The molecule has 1 N–H and O–H groups in total. The first-order valence-electron chi connectivity index (χ1n) is 8.79. The van der Waals surface area contributed by atoms with E-state index in [0.29, 0.717) is 17.4 Å². The van der Waals surface area contributed by atoms with Gasteiger partial charge in [-0.05, 0) is 35.2 Å². The van der Waals surface area contributed by atoms with Crippen LogP contribution in [0.2, 0.25) is 0 Å². The highest BCUT2D eigenvalue weighted by molar-refractivity contribution is 5.93. The Bertz CT molecular complexity index is 1430. The fourth-order valence-electron chi connectivity index (χ4n) is 3.83. The lowest BCUT2D eigenvalue weighted by molar-refractivity contribution is 1.12. The predicted molar refractivity (Wildman–Crippen MR) is 107 cm³/mol. The molecular formula is C23H15N3O. The number of aromatic amines is 1. The van der Waals surface area contributed by atoms with E-state index in [4.69, 9.17) is 0 Å². The highest BCUT2D eigenvalue weighted by atomic mass is 16.1. The Labute approximate surface area is 154 Å². The zero-order chi connectivity index (χ0) is 18.4. The van der Waals surface area contributed by atoms with Gasteiger partial charge in [-0.15, -0.1) is 0 Å². The molecule has 27 heavy (non-hydrogen) atoms. The van der Waals surface area contributed by atoms with Crippen LogP contribution in [0.1, 0.15) is 16.7 Å². The van der Waals surface area contributed by atoms with Crippen molar-refractivity contribution in [2.24, 2.45) is 0 Å². The van der Waals surface area contributed by atoms with Crippen molar-refractivity contribution >= 4 is 27.5 Å². The monoisotopic (exact) mass is 349 g/mol. The molecule has 0 unspecified atom stereocenters. The number of benzene rings is 3. The minimum atomic E-state index is -0.0321. The SMILES string of the molecule is N#Cc1ccccc1Cc1c2ccccc2c(=O)n2c1[nH]c1ccccc12. The van der Waals surface area contributed by atoms with E-state index in [1.165, 1.54) is 0 Å². The van der Waals surface area contributed by atoms with Crippen LogP contribution in [-0.2, 0) is 6.42 Å². The molecule has 0 aliphatic carbocycles. The third kappa shape index (κ3) is 2.26. The number of pyridine rings is 1. The van der Waals surface area contributed by atoms with Gasteiger partial charge in [0.15, 0.2) is 0 Å². The molecule has 4 nitrogen and oxygen atoms in total. The molecule has 2 aromatic heterocycles. The fourth-order valence-corrected chi connectivity index (χ4v) is 3.83. The summed E-state index contributed by atoms with van der Waals surface area (Å²) >= 11 is 0. The van der Waals surface area contributed by atoms with Crippen molar-refractivity contribution in [3.63, 3.8) is 0 Å². The first kappa shape index (κ1) is 15.4. The van der Waals surface area contributed by atoms with Crippen molar-refractivity contribution in [2.75, 3.05) is 0 Å². The summed E-state index contributed by atoms with van der Waals surface area (Å²) in [6.45, 7) is 0. The summed E-state index contributed by atoms with van der Waals surface area (Å²) in [5.41, 5.74) is 5.15. The van der Waals surface area contributed by atoms with Gasteiger partial charge >= 0.3 is 0 Å². The van der Waals surface area contributed by atoms with Crippen molar-refractivity contribution in [3.05, 3.63) is 99.8 Å². The summed E-state index contributed by atoms with van der Waals surface area (Å²) < 4.78 is 1.75. The van der Waals surface area contributed by atoms with Crippen LogP contribution in [0.15, 0.2) is 77.6 Å². The Kier molecular flexibility index (Phi) is 3.34. The van der Waals surface area contributed by atoms with Gasteiger partial charge in [-0.25, -0.2) is 0 Å². The number of H-pyrrole nitrogens is 1. The van der Waals surface area contributed by atoms with E-state index < -0.39 is 0 Å². The normalized spacial score (nSPS) is 11.2. The maximum atomic E-state index is 13.2. The van der Waals surface area contributed by atoms with Crippen LogP contribution < -0.4 is 5.56 Å². The summed E-state index contributed by atoms with van der Waals surface area (Å²) in [5.74, 6) is 0. The van der Waals surface area contributed by atoms with E-state index in [-0.39, 0.29) is 5.56 Å². The second-order valence-corrected chi connectivity index (χ2v) is 6.60. The number of para-hydroxylation sites is 2. The zero-order valence-corrected chi connectivity index (χ0v) is 14.4. The molecule has 128 valence electrons. The van der Waals surface area contributed by atoms with E-state index in [9.17, 15) is 10.1 Å². The number of imidazole rings is 1. The van der Waals surface area contributed by atoms with E-state index in [0.717, 1.165) is 33.2 Å². The molecule has 5 aromatic rings. The molecular weight excluding hydrogens is 334 g/mol. The van der Waals surface area contributed by atoms with E-state index in [1.807, 2.05) is 72.8 Å². The highest BCUT2D eigenvalue weighted by Crippen LogP contribution is 2.27. The maximum absolute atomic E-state index is 13.2. The molecule has 0 bridgehead atoms. The molecule has 0 aliphatic rings. The Morgan fingerprint density at radius 2 is 1.59 bits per heavy atom. The van der Waals surface area contributed by atoms with Crippen molar-refractivity contribution in [3.8, 4) is 6.07 Å². The third-order valence-corrected chi connectivity index (χ3v) is 5.10. The van der Waals surface area contributed by atoms with E-state index in [1.54, 1.807) is 4.40 Å². The van der Waals surface area contributed by atoms with Gasteiger partial charge < -0.3 is 4.98 Å². The molecule has 3 aromatic carbocycles. The van der Waals surface area contributed by atoms with Gasteiger partial charge in [0, 0.05) is 17.4 Å². The van der Waals surface area contributed by atoms with Crippen LogP contribution in [0.25, 0.3) is 27.5 Å². The Morgan fingerprint density at radius 1 is 0.889 bits per heavy atom. The molecule has 5 rings (SSSR count). The van der Waals surface area contributed by atoms with Crippen LogP contribution in [-0.4, -0.2) is 9.38 Å². The van der Waals surface area contributed by atoms with Gasteiger partial charge in [-0.1, -0.05) is 48.5 Å². The molecule has 0 aliphatic heterocycles. The number of hydrogen-bond acceptors (Lipinski definition) is 2. The van der Waals surface area contributed by atoms with Gasteiger partial charge in [0.25, 0.3) is 5.56 Å². The number of nitrogens with zero attached hydrogens (tertiary/aromatic N) is 2. The van der Waals surface area contributed by atoms with Gasteiger partial charge in [-0.2, -0.15) is 5.26 Å². The zero-order valence-electron chi connectivity index (χ0n) is 14.4. The third-order valence-electron chi connectivity index (χ3n) is 5.10. The Morgan fingerprint density at radius 3 is 2.44 bits per heavy atom. The van der Waals surface area contributed by atoms with Crippen molar-refractivity contribution < 1.29 is 0 Å². The van der Waals surface area contributed by atoms with Crippen LogP contribution in [0.4, 0.5) is 0 Å². The minimum absolute atomic E-state index is 0.0321. The summed E-state index contributed by atoms with van der Waals surface area (Å²) in [6.07, 6.45) is 0.570. The van der Waals surface area contributed by atoms with Gasteiger partial charge in [-0.3, -0.25) is 9.20 Å². The van der Waals surface area contributed by atoms with E-state index >= 15 is 0 Å². The minimum Gasteiger partial charge on any atom is -0.339 e.